The predicted molar refractivity (Wildman–Crippen MR) is 98.4 cm³/mol. The summed E-state index contributed by atoms with van der Waals surface area (Å²) in [7, 11) is 1.79. The average molecular weight is 421 g/mol. The zero-order valence-corrected chi connectivity index (χ0v) is 16.3. The maximum atomic E-state index is 4.95. The Bertz CT molecular complexity index is 466. The summed E-state index contributed by atoms with van der Waals surface area (Å²) >= 11 is 0. The van der Waals surface area contributed by atoms with Gasteiger partial charge in [-0.1, -0.05) is 19.0 Å². The van der Waals surface area contributed by atoms with Gasteiger partial charge in [-0.15, -0.1) is 24.0 Å². The van der Waals surface area contributed by atoms with Gasteiger partial charge in [0.2, 0.25) is 5.89 Å². The number of halogens is 1. The lowest BCUT2D eigenvalue weighted by Gasteiger charge is -2.32. The van der Waals surface area contributed by atoms with Crippen molar-refractivity contribution in [2.45, 2.75) is 59.0 Å². The Hall–Kier alpha value is -0.860. The summed E-state index contributed by atoms with van der Waals surface area (Å²) in [5, 5.41) is 10.6. The molecule has 0 bridgehead atoms. The number of nitrogens with zero attached hydrogens (tertiary/aromatic N) is 3. The zero-order chi connectivity index (χ0) is 15.2. The van der Waals surface area contributed by atoms with E-state index in [-0.39, 0.29) is 24.0 Å². The molecule has 2 N–H and O–H groups in total. The monoisotopic (exact) mass is 421 g/mol. The molecule has 1 aliphatic rings. The van der Waals surface area contributed by atoms with Crippen LogP contribution in [0.2, 0.25) is 0 Å². The van der Waals surface area contributed by atoms with Crippen molar-refractivity contribution in [3.8, 4) is 0 Å². The van der Waals surface area contributed by atoms with Crippen molar-refractivity contribution in [2.24, 2.45) is 16.8 Å². The van der Waals surface area contributed by atoms with Crippen LogP contribution in [0.5, 0.6) is 0 Å². The van der Waals surface area contributed by atoms with E-state index in [0.29, 0.717) is 24.3 Å². The van der Waals surface area contributed by atoms with Crippen molar-refractivity contribution >= 4 is 29.9 Å². The van der Waals surface area contributed by atoms with E-state index in [1.165, 1.54) is 25.7 Å². The third-order valence-electron chi connectivity index (χ3n) is 4.26. The Morgan fingerprint density at radius 2 is 2.00 bits per heavy atom. The smallest absolute Gasteiger partial charge is 0.223 e. The van der Waals surface area contributed by atoms with Gasteiger partial charge < -0.3 is 15.2 Å². The fourth-order valence-electron chi connectivity index (χ4n) is 2.89. The zero-order valence-electron chi connectivity index (χ0n) is 13.9. The number of rotatable bonds is 4. The van der Waals surface area contributed by atoms with E-state index in [1.54, 1.807) is 14.0 Å². The van der Waals surface area contributed by atoms with Crippen molar-refractivity contribution in [1.29, 1.82) is 0 Å². The molecule has 1 aliphatic carbocycles. The van der Waals surface area contributed by atoms with Crippen LogP contribution in [0.25, 0.3) is 0 Å². The quantitative estimate of drug-likeness (QED) is 0.444. The van der Waals surface area contributed by atoms with E-state index >= 15 is 0 Å². The molecule has 0 radical (unpaired) electrons. The fourth-order valence-corrected chi connectivity index (χ4v) is 2.89. The summed E-state index contributed by atoms with van der Waals surface area (Å²) in [6.45, 7) is 6.96. The van der Waals surface area contributed by atoms with Crippen LogP contribution in [0.4, 0.5) is 0 Å². The third-order valence-corrected chi connectivity index (χ3v) is 4.26. The minimum Gasteiger partial charge on any atom is -0.354 e. The summed E-state index contributed by atoms with van der Waals surface area (Å²) in [6, 6.07) is 0.512. The van der Waals surface area contributed by atoms with Gasteiger partial charge in [0.15, 0.2) is 11.8 Å². The van der Waals surface area contributed by atoms with Gasteiger partial charge in [0.1, 0.15) is 0 Å². The highest BCUT2D eigenvalue weighted by Crippen LogP contribution is 2.29. The molecule has 0 atom stereocenters. The molecule has 2 rings (SSSR count). The number of guanidine groups is 1. The first-order valence-electron chi connectivity index (χ1n) is 7.85. The van der Waals surface area contributed by atoms with Crippen LogP contribution in [0.1, 0.15) is 51.2 Å². The largest absolute Gasteiger partial charge is 0.354 e. The number of hydrogen-bond acceptors (Lipinski definition) is 4. The van der Waals surface area contributed by atoms with E-state index in [9.17, 15) is 0 Å². The summed E-state index contributed by atoms with van der Waals surface area (Å²) in [6.07, 6.45) is 5.03. The molecule has 0 spiro atoms. The molecule has 1 fully saturated rings. The molecule has 126 valence electrons. The third kappa shape index (κ3) is 5.73. The first kappa shape index (κ1) is 19.2. The lowest BCUT2D eigenvalue weighted by molar-refractivity contribution is 0.250. The second-order valence-corrected chi connectivity index (χ2v) is 6.16. The second kappa shape index (κ2) is 9.32. The first-order valence-corrected chi connectivity index (χ1v) is 7.85. The van der Waals surface area contributed by atoms with Gasteiger partial charge in [0.25, 0.3) is 0 Å². The molecule has 0 aliphatic heterocycles. The second-order valence-electron chi connectivity index (χ2n) is 6.16. The standard InChI is InChI=1S/C15H27N5O.HI/c1-10(2)12-5-7-13(8-6-12)19-15(16-4)17-9-14-18-11(3)21-20-14;/h10,12-13H,5-9H2,1-4H3,(H2,16,17,19);1H. The molecular weight excluding hydrogens is 393 g/mol. The predicted octanol–water partition coefficient (Wildman–Crippen LogP) is 2.88. The van der Waals surface area contributed by atoms with E-state index in [0.717, 1.165) is 17.8 Å². The molecule has 1 aromatic rings. The van der Waals surface area contributed by atoms with Crippen LogP contribution in [0, 0.1) is 18.8 Å². The highest BCUT2D eigenvalue weighted by molar-refractivity contribution is 14.0. The van der Waals surface area contributed by atoms with Crippen LogP contribution in [0.3, 0.4) is 0 Å². The summed E-state index contributed by atoms with van der Waals surface area (Å²) in [4.78, 5) is 8.44. The Morgan fingerprint density at radius 3 is 2.50 bits per heavy atom. The van der Waals surface area contributed by atoms with Gasteiger partial charge >= 0.3 is 0 Å². The number of hydrogen-bond donors (Lipinski definition) is 2. The average Bonchev–Trinajstić information content (AvgIpc) is 2.89. The number of aliphatic imine (C=N–C) groups is 1. The number of aryl methyl sites for hydroxylation is 1. The highest BCUT2D eigenvalue weighted by Gasteiger charge is 2.23. The fraction of sp³-hybridized carbons (Fsp3) is 0.800. The minimum absolute atomic E-state index is 0. The Balaban J connectivity index is 0.00000242. The molecule has 6 nitrogen and oxygen atoms in total. The maximum absolute atomic E-state index is 4.95. The lowest BCUT2D eigenvalue weighted by atomic mass is 9.80. The van der Waals surface area contributed by atoms with Crippen molar-refractivity contribution in [1.82, 2.24) is 20.8 Å². The van der Waals surface area contributed by atoms with Crippen molar-refractivity contribution in [3.05, 3.63) is 11.7 Å². The molecule has 1 saturated carbocycles. The lowest BCUT2D eigenvalue weighted by Crippen LogP contribution is -2.44. The molecule has 0 aromatic carbocycles. The van der Waals surface area contributed by atoms with Gasteiger partial charge in [0, 0.05) is 20.0 Å². The molecule has 1 heterocycles. The van der Waals surface area contributed by atoms with Gasteiger partial charge in [-0.25, -0.2) is 0 Å². The van der Waals surface area contributed by atoms with Crippen LogP contribution < -0.4 is 10.6 Å². The van der Waals surface area contributed by atoms with E-state index < -0.39 is 0 Å². The van der Waals surface area contributed by atoms with Crippen LogP contribution >= 0.6 is 24.0 Å². The van der Waals surface area contributed by atoms with E-state index in [2.05, 4.69) is 39.6 Å². The first-order chi connectivity index (χ1) is 10.1. The maximum Gasteiger partial charge on any atom is 0.223 e. The Labute approximate surface area is 149 Å². The van der Waals surface area contributed by atoms with Gasteiger partial charge in [0.05, 0.1) is 6.54 Å². The normalized spacial score (nSPS) is 22.3. The summed E-state index contributed by atoms with van der Waals surface area (Å²) in [5.41, 5.74) is 0. The van der Waals surface area contributed by atoms with Gasteiger partial charge in [-0.05, 0) is 37.5 Å². The van der Waals surface area contributed by atoms with Crippen LogP contribution in [-0.4, -0.2) is 29.2 Å². The molecule has 0 unspecified atom stereocenters. The minimum atomic E-state index is 0. The van der Waals surface area contributed by atoms with Crippen molar-refractivity contribution in [3.63, 3.8) is 0 Å². The van der Waals surface area contributed by atoms with Crippen molar-refractivity contribution < 1.29 is 4.52 Å². The molecule has 0 amide bonds. The van der Waals surface area contributed by atoms with E-state index in [4.69, 9.17) is 4.52 Å². The number of nitrogens with one attached hydrogen (secondary N) is 2. The van der Waals surface area contributed by atoms with Crippen molar-refractivity contribution in [2.75, 3.05) is 7.05 Å². The van der Waals surface area contributed by atoms with Gasteiger partial charge in [-0.3, -0.25) is 4.99 Å². The Kier molecular flexibility index (Phi) is 8.13. The topological polar surface area (TPSA) is 75.3 Å². The Morgan fingerprint density at radius 1 is 1.32 bits per heavy atom. The summed E-state index contributed by atoms with van der Waals surface area (Å²) in [5.74, 6) is 3.72. The molecule has 1 aromatic heterocycles. The van der Waals surface area contributed by atoms with E-state index in [1.807, 2.05) is 0 Å². The van der Waals surface area contributed by atoms with Crippen LogP contribution in [-0.2, 0) is 6.54 Å². The van der Waals surface area contributed by atoms with Crippen LogP contribution in [0.15, 0.2) is 9.52 Å². The number of aromatic nitrogens is 2. The molecule has 22 heavy (non-hydrogen) atoms. The summed E-state index contributed by atoms with van der Waals surface area (Å²) < 4.78 is 4.95. The highest BCUT2D eigenvalue weighted by atomic mass is 127. The molecule has 0 saturated heterocycles. The molecular formula is C15H28IN5O. The van der Waals surface area contributed by atoms with Gasteiger partial charge in [-0.2, -0.15) is 4.98 Å². The SMILES string of the molecule is CN=C(NCc1noc(C)n1)NC1CCC(C(C)C)CC1.I. The molecule has 7 heteroatoms.